The van der Waals surface area contributed by atoms with Crippen LogP contribution in [0, 0.1) is 22.7 Å². The Labute approximate surface area is 378 Å². The predicted octanol–water partition coefficient (Wildman–Crippen LogP) is 16.1. The molecule has 4 aromatic heterocycles. The molecule has 9 aromatic carbocycles. The van der Waals surface area contributed by atoms with Crippen molar-refractivity contribution in [1.29, 1.82) is 10.5 Å². The van der Waals surface area contributed by atoms with Crippen LogP contribution in [-0.4, -0.2) is 8.97 Å². The van der Waals surface area contributed by atoms with Gasteiger partial charge in [-0.25, -0.2) is 0 Å². The van der Waals surface area contributed by atoms with Gasteiger partial charge in [0.2, 0.25) is 0 Å². The van der Waals surface area contributed by atoms with Gasteiger partial charge in [-0.05, 0) is 134 Å². The Bertz CT molecular complexity index is 4010. The third-order valence-electron chi connectivity index (χ3n) is 13.2. The maximum atomic E-state index is 10.8. The first-order valence-corrected chi connectivity index (χ1v) is 22.6. The van der Waals surface area contributed by atoms with E-state index in [0.29, 0.717) is 16.7 Å². The summed E-state index contributed by atoms with van der Waals surface area (Å²) in [6, 6.07) is 75.4. The van der Waals surface area contributed by atoms with E-state index in [9.17, 15) is 10.5 Å². The number of hydrogen-bond donors (Lipinski definition) is 0. The summed E-state index contributed by atoms with van der Waals surface area (Å²) in [5.74, 6) is 0. The van der Waals surface area contributed by atoms with Gasteiger partial charge in [-0.1, -0.05) is 121 Å². The molecule has 4 heterocycles. The first-order chi connectivity index (χ1) is 32.1. The highest BCUT2D eigenvalue weighted by Gasteiger charge is 2.21. The summed E-state index contributed by atoms with van der Waals surface area (Å²) in [7, 11) is 0. The van der Waals surface area contributed by atoms with E-state index in [4.69, 9.17) is 0 Å². The van der Waals surface area contributed by atoms with Gasteiger partial charge in [-0.3, -0.25) is 4.40 Å². The van der Waals surface area contributed by atoms with Crippen LogP contribution < -0.4 is 0 Å². The van der Waals surface area contributed by atoms with Crippen molar-refractivity contribution < 1.29 is 0 Å². The Morgan fingerprint density at radius 2 is 0.877 bits per heavy atom. The van der Waals surface area contributed by atoms with Gasteiger partial charge in [-0.15, -0.1) is 11.3 Å². The number of benzene rings is 9. The van der Waals surface area contributed by atoms with Crippen LogP contribution in [0.25, 0.3) is 121 Å². The second-order valence-corrected chi connectivity index (χ2v) is 17.6. The molecule has 0 atom stereocenters. The molecule has 13 rings (SSSR count). The summed E-state index contributed by atoms with van der Waals surface area (Å²) >= 11 is 1.78. The number of thiophene rings is 1. The van der Waals surface area contributed by atoms with Gasteiger partial charge in [0, 0.05) is 43.6 Å². The van der Waals surface area contributed by atoms with Gasteiger partial charge in [0.15, 0.2) is 0 Å². The fourth-order valence-electron chi connectivity index (χ4n) is 10.3. The zero-order valence-electron chi connectivity index (χ0n) is 34.8. The van der Waals surface area contributed by atoms with Crippen molar-refractivity contribution in [1.82, 2.24) is 8.97 Å². The highest BCUT2D eigenvalue weighted by Crippen LogP contribution is 2.44. The number of para-hydroxylation sites is 1. The Morgan fingerprint density at radius 1 is 0.354 bits per heavy atom. The molecule has 0 N–H and O–H groups in total. The molecule has 0 amide bonds. The van der Waals surface area contributed by atoms with Crippen LogP contribution >= 0.6 is 11.3 Å². The first-order valence-electron chi connectivity index (χ1n) is 21.7. The van der Waals surface area contributed by atoms with Crippen LogP contribution in [0.15, 0.2) is 206 Å². The number of hydrogen-bond acceptors (Lipinski definition) is 3. The van der Waals surface area contributed by atoms with Gasteiger partial charge in [-0.2, -0.15) is 10.5 Å². The number of nitriles is 2. The largest absolute Gasteiger partial charge is 0.309 e. The fourth-order valence-corrected chi connectivity index (χ4v) is 11.2. The molecule has 0 aliphatic rings. The maximum absolute atomic E-state index is 10.8. The zero-order valence-corrected chi connectivity index (χ0v) is 35.6. The van der Waals surface area contributed by atoms with Crippen LogP contribution in [-0.2, 0) is 0 Å². The average Bonchev–Trinajstić information content (AvgIpc) is 4.14. The van der Waals surface area contributed by atoms with Crippen molar-refractivity contribution in [3.05, 3.63) is 217 Å². The number of nitrogens with zero attached hydrogens (tertiary/aromatic N) is 4. The minimum atomic E-state index is 0.455. The molecule has 300 valence electrons. The van der Waals surface area contributed by atoms with E-state index in [2.05, 4.69) is 190 Å². The van der Waals surface area contributed by atoms with Crippen LogP contribution in [0.4, 0.5) is 0 Å². The third-order valence-corrected chi connectivity index (χ3v) is 14.1. The second kappa shape index (κ2) is 14.4. The summed E-state index contributed by atoms with van der Waals surface area (Å²) in [5, 5.41) is 31.1. The normalized spacial score (nSPS) is 11.7. The molecule has 0 aliphatic heterocycles. The lowest BCUT2D eigenvalue weighted by atomic mass is 9.90. The quantitative estimate of drug-likeness (QED) is 0.167. The van der Waals surface area contributed by atoms with Crippen LogP contribution in [0.1, 0.15) is 11.1 Å². The minimum Gasteiger partial charge on any atom is -0.309 e. The van der Waals surface area contributed by atoms with Crippen LogP contribution in [0.2, 0.25) is 0 Å². The molecule has 4 nitrogen and oxygen atoms in total. The minimum absolute atomic E-state index is 0.455. The Morgan fingerprint density at radius 3 is 1.52 bits per heavy atom. The highest BCUT2D eigenvalue weighted by molar-refractivity contribution is 7.17. The van der Waals surface area contributed by atoms with Crippen LogP contribution in [0.3, 0.4) is 0 Å². The van der Waals surface area contributed by atoms with Gasteiger partial charge in [0.1, 0.15) is 4.83 Å². The van der Waals surface area contributed by atoms with Gasteiger partial charge < -0.3 is 4.57 Å². The Kier molecular flexibility index (Phi) is 8.17. The number of rotatable bonds is 6. The van der Waals surface area contributed by atoms with E-state index >= 15 is 0 Å². The van der Waals surface area contributed by atoms with Crippen LogP contribution in [0.5, 0.6) is 0 Å². The SMILES string of the molecule is N#Cc1cc(-c2cccc(-c3cc4c5ccccc5n5c6sccc6c(c3)c45)c2)cc(C#N)c1-c1cccc(-n2c3ccc(-c4ccccc4)cc3c3cc(-c4ccccc4)ccc32)c1. The lowest BCUT2D eigenvalue weighted by molar-refractivity contribution is 1.18. The molecule has 0 spiro atoms. The van der Waals surface area contributed by atoms with Gasteiger partial charge in [0.25, 0.3) is 0 Å². The lowest BCUT2D eigenvalue weighted by Gasteiger charge is -2.14. The molecule has 0 unspecified atom stereocenters. The van der Waals surface area contributed by atoms with Crippen molar-refractivity contribution >= 4 is 70.6 Å². The van der Waals surface area contributed by atoms with Gasteiger partial charge in [0.05, 0.1) is 45.3 Å². The molecule has 0 saturated heterocycles. The molecule has 5 heteroatoms. The average molecular weight is 843 g/mol. The third kappa shape index (κ3) is 5.67. The van der Waals surface area contributed by atoms with E-state index in [1.165, 1.54) is 37.4 Å². The standard InChI is InChI=1S/C60H34N4S/c61-35-46-28-44(39-15-9-16-40(27-39)45-33-53-49-19-7-8-20-55(49)64-59(53)54(34-45)50-25-26-65-60(50)64)29-47(36-62)58(46)43-17-10-18-48(30-43)63-56-23-21-41(37-11-3-1-4-12-37)31-51(56)52-32-42(22-24-57(52)63)38-13-5-2-6-14-38/h1-34H. The Hall–Kier alpha value is -8.74. The smallest absolute Gasteiger partial charge is 0.108 e. The van der Waals surface area contributed by atoms with E-state index in [1.807, 2.05) is 36.4 Å². The molecular weight excluding hydrogens is 809 g/mol. The Balaban J connectivity index is 0.930. The highest BCUT2D eigenvalue weighted by atomic mass is 32.1. The summed E-state index contributed by atoms with van der Waals surface area (Å²) in [5.41, 5.74) is 16.5. The molecule has 0 aliphatic carbocycles. The van der Waals surface area contributed by atoms with E-state index in [1.54, 1.807) is 11.3 Å². The fraction of sp³-hybridized carbons (Fsp3) is 0. The van der Waals surface area contributed by atoms with E-state index in [-0.39, 0.29) is 0 Å². The lowest BCUT2D eigenvalue weighted by Crippen LogP contribution is -1.97. The summed E-state index contributed by atoms with van der Waals surface area (Å²) in [6.45, 7) is 0. The second-order valence-electron chi connectivity index (χ2n) is 16.7. The molecule has 0 radical (unpaired) electrons. The monoisotopic (exact) mass is 842 g/mol. The molecule has 0 saturated carbocycles. The molecule has 0 bridgehead atoms. The molecule has 13 aromatic rings. The van der Waals surface area contributed by atoms with E-state index < -0.39 is 0 Å². The van der Waals surface area contributed by atoms with Gasteiger partial charge >= 0.3 is 0 Å². The maximum Gasteiger partial charge on any atom is 0.108 e. The van der Waals surface area contributed by atoms with Crippen molar-refractivity contribution in [3.8, 4) is 73.5 Å². The summed E-state index contributed by atoms with van der Waals surface area (Å²) in [6.07, 6.45) is 0. The van der Waals surface area contributed by atoms with Crippen molar-refractivity contribution in [2.75, 3.05) is 0 Å². The van der Waals surface area contributed by atoms with Crippen molar-refractivity contribution in [2.45, 2.75) is 0 Å². The predicted molar refractivity (Wildman–Crippen MR) is 270 cm³/mol. The topological polar surface area (TPSA) is 56.9 Å². The number of aromatic nitrogens is 2. The molecular formula is C60H34N4S. The molecule has 65 heavy (non-hydrogen) atoms. The summed E-state index contributed by atoms with van der Waals surface area (Å²) in [4.78, 5) is 1.26. The summed E-state index contributed by atoms with van der Waals surface area (Å²) < 4.78 is 4.72. The molecule has 0 fully saturated rings. The first kappa shape index (κ1) is 36.9. The number of fused-ring (bicyclic) bond motifs is 9. The van der Waals surface area contributed by atoms with Crippen molar-refractivity contribution in [2.24, 2.45) is 0 Å². The van der Waals surface area contributed by atoms with Crippen molar-refractivity contribution in [3.63, 3.8) is 0 Å². The zero-order chi connectivity index (χ0) is 43.2. The van der Waals surface area contributed by atoms with E-state index in [0.717, 1.165) is 77.6 Å².